The summed E-state index contributed by atoms with van der Waals surface area (Å²) in [7, 11) is 0. The Labute approximate surface area is 109 Å². The van der Waals surface area contributed by atoms with Crippen LogP contribution >= 0.6 is 0 Å². The van der Waals surface area contributed by atoms with Gasteiger partial charge in [-0.05, 0) is 23.7 Å². The van der Waals surface area contributed by atoms with Gasteiger partial charge in [0.15, 0.2) is 0 Å². The molecule has 1 atom stereocenters. The fourth-order valence-electron chi connectivity index (χ4n) is 2.23. The average molecular weight is 256 g/mol. The van der Waals surface area contributed by atoms with Gasteiger partial charge in [-0.1, -0.05) is 41.5 Å². The summed E-state index contributed by atoms with van der Waals surface area (Å²) in [5, 5.41) is 18.6. The predicted octanol–water partition coefficient (Wildman–Crippen LogP) is 3.18. The molecule has 4 heteroatoms. The number of hydrogen-bond acceptors (Lipinski definition) is 2. The molecule has 0 aliphatic rings. The van der Waals surface area contributed by atoms with Gasteiger partial charge in [-0.15, -0.1) is 0 Å². The van der Waals surface area contributed by atoms with Gasteiger partial charge in [-0.2, -0.15) is 0 Å². The van der Waals surface area contributed by atoms with Crippen molar-refractivity contribution in [2.24, 2.45) is 17.3 Å². The Hall–Kier alpha value is -1.32. The molecular formula is C14H24O4. The molecule has 0 heterocycles. The summed E-state index contributed by atoms with van der Waals surface area (Å²) in [4.78, 5) is 22.8. The number of carboxylic acid groups (broad SMARTS) is 2. The van der Waals surface area contributed by atoms with Crippen molar-refractivity contribution in [2.45, 2.75) is 48.0 Å². The summed E-state index contributed by atoms with van der Waals surface area (Å²) in [5.74, 6) is -2.22. The molecule has 0 rings (SSSR count). The third kappa shape index (κ3) is 4.51. The van der Waals surface area contributed by atoms with Crippen LogP contribution in [0.4, 0.5) is 0 Å². The van der Waals surface area contributed by atoms with Gasteiger partial charge in [-0.3, -0.25) is 0 Å². The summed E-state index contributed by atoms with van der Waals surface area (Å²) in [5.41, 5.74) is -0.656. The third-order valence-electron chi connectivity index (χ3n) is 2.78. The molecule has 104 valence electrons. The highest BCUT2D eigenvalue weighted by atomic mass is 16.4. The van der Waals surface area contributed by atoms with E-state index in [-0.39, 0.29) is 17.1 Å². The number of hydrogen-bond donors (Lipinski definition) is 2. The molecule has 0 radical (unpaired) electrons. The van der Waals surface area contributed by atoms with Crippen LogP contribution in [0.5, 0.6) is 0 Å². The molecule has 18 heavy (non-hydrogen) atoms. The minimum atomic E-state index is -1.14. The molecule has 0 aromatic heterocycles. The van der Waals surface area contributed by atoms with Gasteiger partial charge in [0.2, 0.25) is 0 Å². The molecule has 0 aromatic rings. The second kappa shape index (κ2) is 6.03. The lowest BCUT2D eigenvalue weighted by Crippen LogP contribution is -2.26. The maximum Gasteiger partial charge on any atom is 0.332 e. The topological polar surface area (TPSA) is 74.6 Å². The van der Waals surface area contributed by atoms with Gasteiger partial charge < -0.3 is 10.2 Å². The van der Waals surface area contributed by atoms with E-state index in [1.807, 2.05) is 13.8 Å². The number of rotatable bonds is 5. The van der Waals surface area contributed by atoms with E-state index >= 15 is 0 Å². The van der Waals surface area contributed by atoms with Crippen molar-refractivity contribution in [2.75, 3.05) is 0 Å². The van der Waals surface area contributed by atoms with Crippen LogP contribution in [0.1, 0.15) is 48.0 Å². The maximum atomic E-state index is 11.4. The lowest BCUT2D eigenvalue weighted by atomic mass is 9.78. The smallest absolute Gasteiger partial charge is 0.332 e. The van der Waals surface area contributed by atoms with E-state index in [1.54, 1.807) is 27.7 Å². The van der Waals surface area contributed by atoms with Crippen LogP contribution in [-0.2, 0) is 9.59 Å². The number of carbonyl (C=O) groups is 2. The van der Waals surface area contributed by atoms with Gasteiger partial charge >= 0.3 is 11.9 Å². The summed E-state index contributed by atoms with van der Waals surface area (Å²) in [6.45, 7) is 10.9. The first kappa shape index (κ1) is 16.7. The van der Waals surface area contributed by atoms with Crippen molar-refractivity contribution in [3.8, 4) is 0 Å². The average Bonchev–Trinajstić information content (AvgIpc) is 2.08. The molecule has 0 aliphatic carbocycles. The van der Waals surface area contributed by atoms with Gasteiger partial charge in [0.05, 0.1) is 11.1 Å². The molecule has 0 amide bonds. The van der Waals surface area contributed by atoms with E-state index in [4.69, 9.17) is 0 Å². The molecule has 0 saturated carbocycles. The maximum absolute atomic E-state index is 11.4. The van der Waals surface area contributed by atoms with Crippen LogP contribution in [0.3, 0.4) is 0 Å². The molecule has 0 spiro atoms. The van der Waals surface area contributed by atoms with Gasteiger partial charge in [0.25, 0.3) is 0 Å². The summed E-state index contributed by atoms with van der Waals surface area (Å²) >= 11 is 0. The first-order valence-corrected chi connectivity index (χ1v) is 6.19. The standard InChI is InChI=1S/C14H24O4/c1-8(2)7-9(3)10(12(15)16)11(13(17)18)14(4,5)6/h8-9H,7H2,1-6H3,(H,15,16)(H,17,18). The fourth-order valence-corrected chi connectivity index (χ4v) is 2.23. The first-order chi connectivity index (χ1) is 7.98. The van der Waals surface area contributed by atoms with Crippen molar-refractivity contribution in [1.29, 1.82) is 0 Å². The van der Waals surface area contributed by atoms with Crippen molar-refractivity contribution in [3.63, 3.8) is 0 Å². The molecule has 1 unspecified atom stereocenters. The SMILES string of the molecule is CC(C)CC(C)C(C(=O)O)=C(C(=O)O)C(C)(C)C. The molecule has 0 aromatic carbocycles. The molecule has 0 fully saturated rings. The predicted molar refractivity (Wildman–Crippen MR) is 70.4 cm³/mol. The molecular weight excluding hydrogens is 232 g/mol. The molecule has 0 bridgehead atoms. The van der Waals surface area contributed by atoms with Crippen molar-refractivity contribution in [1.82, 2.24) is 0 Å². The largest absolute Gasteiger partial charge is 0.478 e. The number of carboxylic acids is 2. The second-order valence-electron chi connectivity index (χ2n) is 6.18. The van der Waals surface area contributed by atoms with Gasteiger partial charge in [0.1, 0.15) is 0 Å². The van der Waals surface area contributed by atoms with Crippen molar-refractivity contribution >= 4 is 11.9 Å². The zero-order chi connectivity index (χ0) is 14.7. The monoisotopic (exact) mass is 256 g/mol. The van der Waals surface area contributed by atoms with E-state index in [1.165, 1.54) is 0 Å². The number of aliphatic carboxylic acids is 2. The minimum Gasteiger partial charge on any atom is -0.478 e. The van der Waals surface area contributed by atoms with Crippen LogP contribution in [-0.4, -0.2) is 22.2 Å². The Morgan fingerprint density at radius 3 is 1.67 bits per heavy atom. The zero-order valence-corrected chi connectivity index (χ0v) is 12.1. The lowest BCUT2D eigenvalue weighted by Gasteiger charge is -2.25. The fraction of sp³-hybridized carbons (Fsp3) is 0.714. The summed E-state index contributed by atoms with van der Waals surface area (Å²) < 4.78 is 0. The highest BCUT2D eigenvalue weighted by Gasteiger charge is 2.33. The normalized spacial score (nSPS) is 15.3. The Morgan fingerprint density at radius 2 is 1.44 bits per heavy atom. The Bertz CT molecular complexity index is 358. The highest BCUT2D eigenvalue weighted by Crippen LogP contribution is 2.33. The second-order valence-corrected chi connectivity index (χ2v) is 6.18. The summed E-state index contributed by atoms with van der Waals surface area (Å²) in [6, 6.07) is 0. The van der Waals surface area contributed by atoms with E-state index in [0.717, 1.165) is 0 Å². The van der Waals surface area contributed by atoms with E-state index < -0.39 is 17.4 Å². The molecule has 4 nitrogen and oxygen atoms in total. The van der Waals surface area contributed by atoms with Crippen LogP contribution in [0, 0.1) is 17.3 Å². The lowest BCUT2D eigenvalue weighted by molar-refractivity contribution is -0.137. The van der Waals surface area contributed by atoms with E-state index in [2.05, 4.69) is 0 Å². The molecule has 0 saturated heterocycles. The third-order valence-corrected chi connectivity index (χ3v) is 2.78. The summed E-state index contributed by atoms with van der Waals surface area (Å²) in [6.07, 6.45) is 0.661. The zero-order valence-electron chi connectivity index (χ0n) is 12.1. The Kier molecular flexibility index (Phi) is 5.58. The first-order valence-electron chi connectivity index (χ1n) is 6.19. The van der Waals surface area contributed by atoms with Gasteiger partial charge in [-0.25, -0.2) is 9.59 Å². The van der Waals surface area contributed by atoms with Gasteiger partial charge in [0, 0.05) is 0 Å². The van der Waals surface area contributed by atoms with Crippen LogP contribution in [0.2, 0.25) is 0 Å². The molecule has 2 N–H and O–H groups in total. The van der Waals surface area contributed by atoms with E-state index in [9.17, 15) is 19.8 Å². The Morgan fingerprint density at radius 1 is 1.00 bits per heavy atom. The van der Waals surface area contributed by atoms with Crippen LogP contribution < -0.4 is 0 Å². The van der Waals surface area contributed by atoms with E-state index in [0.29, 0.717) is 12.3 Å². The van der Waals surface area contributed by atoms with Crippen molar-refractivity contribution in [3.05, 3.63) is 11.1 Å². The van der Waals surface area contributed by atoms with Crippen LogP contribution in [0.15, 0.2) is 11.1 Å². The highest BCUT2D eigenvalue weighted by molar-refractivity contribution is 6.00. The quantitative estimate of drug-likeness (QED) is 0.741. The van der Waals surface area contributed by atoms with Crippen molar-refractivity contribution < 1.29 is 19.8 Å². The minimum absolute atomic E-state index is 0.00292. The van der Waals surface area contributed by atoms with Crippen LogP contribution in [0.25, 0.3) is 0 Å². The Balaban J connectivity index is 5.79. The molecule has 0 aliphatic heterocycles.